The van der Waals surface area contributed by atoms with Crippen molar-refractivity contribution in [2.45, 2.75) is 65.1 Å². The van der Waals surface area contributed by atoms with E-state index in [-0.39, 0.29) is 23.5 Å². The summed E-state index contributed by atoms with van der Waals surface area (Å²) in [5, 5.41) is 19.8. The highest BCUT2D eigenvalue weighted by Gasteiger charge is 2.30. The zero-order valence-corrected chi connectivity index (χ0v) is 18.0. The molecule has 2 aromatic rings. The van der Waals surface area contributed by atoms with E-state index in [1.807, 2.05) is 39.5 Å². The van der Waals surface area contributed by atoms with Gasteiger partial charge in [0.25, 0.3) is 5.91 Å². The molecule has 1 saturated heterocycles. The quantitative estimate of drug-likeness (QED) is 0.851. The molecular weight excluding hydrogens is 372 g/mol. The normalized spacial score (nSPS) is 15.6. The summed E-state index contributed by atoms with van der Waals surface area (Å²) in [6.45, 7) is 12.0. The molecule has 150 valence electrons. The average Bonchev–Trinajstić information content (AvgIpc) is 3.29. The van der Waals surface area contributed by atoms with E-state index in [4.69, 9.17) is 0 Å². The lowest BCUT2D eigenvalue weighted by molar-refractivity contribution is 0.0560. The van der Waals surface area contributed by atoms with Crippen LogP contribution in [0.25, 0.3) is 10.7 Å². The van der Waals surface area contributed by atoms with Gasteiger partial charge in [0.2, 0.25) is 0 Å². The van der Waals surface area contributed by atoms with Crippen LogP contribution in [0.2, 0.25) is 0 Å². The van der Waals surface area contributed by atoms with Crippen molar-refractivity contribution in [3.05, 3.63) is 22.8 Å². The van der Waals surface area contributed by atoms with Crippen molar-refractivity contribution in [1.82, 2.24) is 25.0 Å². The molecule has 1 aliphatic heterocycles. The number of hydrogen-bond acceptors (Lipinski definition) is 6. The number of piperidine rings is 1. The Labute approximate surface area is 170 Å². The number of amides is 1. The van der Waals surface area contributed by atoms with Crippen LogP contribution in [0, 0.1) is 11.3 Å². The Hall–Kier alpha value is -2.24. The van der Waals surface area contributed by atoms with E-state index in [1.54, 1.807) is 16.3 Å². The first-order chi connectivity index (χ1) is 13.2. The molecule has 0 bridgehead atoms. The molecule has 1 aliphatic rings. The van der Waals surface area contributed by atoms with Crippen molar-refractivity contribution in [2.75, 3.05) is 13.1 Å². The standard InChI is InChI=1S/C20H28N6OS/c1-13(2)26(15-6-8-22-9-7-15)19(27)16-12-28-18(23-16)17-14(10-21)11-25(24-17)20(3,4)5/h11-13,15,22H,6-9H2,1-5H3. The maximum absolute atomic E-state index is 13.2. The monoisotopic (exact) mass is 400 g/mol. The first-order valence-corrected chi connectivity index (χ1v) is 10.6. The van der Waals surface area contributed by atoms with Gasteiger partial charge in [0.15, 0.2) is 0 Å². The van der Waals surface area contributed by atoms with Gasteiger partial charge in [0, 0.05) is 23.7 Å². The summed E-state index contributed by atoms with van der Waals surface area (Å²) < 4.78 is 1.78. The Bertz CT molecular complexity index is 879. The lowest BCUT2D eigenvalue weighted by Crippen LogP contribution is -2.49. The van der Waals surface area contributed by atoms with E-state index in [2.05, 4.69) is 21.5 Å². The van der Waals surface area contributed by atoms with Crippen molar-refractivity contribution in [1.29, 1.82) is 5.26 Å². The second kappa shape index (κ2) is 8.02. The molecule has 0 unspecified atom stereocenters. The number of nitrogens with one attached hydrogen (secondary N) is 1. The summed E-state index contributed by atoms with van der Waals surface area (Å²) in [5.74, 6) is -0.0434. The molecule has 1 N–H and O–H groups in total. The highest BCUT2D eigenvalue weighted by molar-refractivity contribution is 7.13. The third kappa shape index (κ3) is 4.10. The molecule has 7 nitrogen and oxygen atoms in total. The Morgan fingerprint density at radius 2 is 2.07 bits per heavy atom. The van der Waals surface area contributed by atoms with Gasteiger partial charge < -0.3 is 10.2 Å². The van der Waals surface area contributed by atoms with E-state index < -0.39 is 0 Å². The van der Waals surface area contributed by atoms with Gasteiger partial charge in [-0.25, -0.2) is 4.98 Å². The first kappa shape index (κ1) is 20.5. The van der Waals surface area contributed by atoms with Gasteiger partial charge in [0.05, 0.1) is 5.54 Å². The maximum atomic E-state index is 13.2. The third-order valence-corrected chi connectivity index (χ3v) is 5.79. The minimum Gasteiger partial charge on any atom is -0.332 e. The lowest BCUT2D eigenvalue weighted by Gasteiger charge is -2.37. The predicted molar refractivity (Wildman–Crippen MR) is 110 cm³/mol. The summed E-state index contributed by atoms with van der Waals surface area (Å²) in [6, 6.07) is 2.54. The highest BCUT2D eigenvalue weighted by atomic mass is 32.1. The van der Waals surface area contributed by atoms with E-state index >= 15 is 0 Å². The summed E-state index contributed by atoms with van der Waals surface area (Å²) in [7, 11) is 0. The fourth-order valence-electron chi connectivity index (χ4n) is 3.48. The molecule has 3 heterocycles. The fourth-order valence-corrected chi connectivity index (χ4v) is 4.27. The zero-order chi connectivity index (χ0) is 20.5. The predicted octanol–water partition coefficient (Wildman–Crippen LogP) is 3.24. The largest absolute Gasteiger partial charge is 0.332 e. The third-order valence-electron chi connectivity index (χ3n) is 4.94. The molecule has 2 aromatic heterocycles. The van der Waals surface area contributed by atoms with E-state index in [1.165, 1.54) is 11.3 Å². The molecule has 1 amide bonds. The lowest BCUT2D eigenvalue weighted by atomic mass is 10.0. The number of thiazole rings is 1. The van der Waals surface area contributed by atoms with Crippen molar-refractivity contribution < 1.29 is 4.79 Å². The molecule has 1 fully saturated rings. The molecule has 8 heteroatoms. The number of rotatable bonds is 4. The average molecular weight is 401 g/mol. The Balaban J connectivity index is 1.90. The molecule has 0 saturated carbocycles. The molecule has 0 radical (unpaired) electrons. The Kier molecular flexibility index (Phi) is 5.87. The summed E-state index contributed by atoms with van der Waals surface area (Å²) >= 11 is 1.36. The van der Waals surface area contributed by atoms with Crippen LogP contribution in [0.4, 0.5) is 0 Å². The van der Waals surface area contributed by atoms with E-state index in [0.29, 0.717) is 22.0 Å². The van der Waals surface area contributed by atoms with Crippen molar-refractivity contribution in [3.8, 4) is 16.8 Å². The van der Waals surface area contributed by atoms with E-state index in [0.717, 1.165) is 25.9 Å². The van der Waals surface area contributed by atoms with Gasteiger partial charge in [-0.3, -0.25) is 9.48 Å². The van der Waals surface area contributed by atoms with Gasteiger partial charge in [-0.1, -0.05) is 0 Å². The molecule has 0 atom stereocenters. The number of nitriles is 1. The summed E-state index contributed by atoms with van der Waals surface area (Å²) in [4.78, 5) is 19.7. The van der Waals surface area contributed by atoms with E-state index in [9.17, 15) is 10.1 Å². The van der Waals surface area contributed by atoms with Gasteiger partial charge in [-0.05, 0) is 60.5 Å². The summed E-state index contributed by atoms with van der Waals surface area (Å²) in [6.07, 6.45) is 3.65. The number of aromatic nitrogens is 3. The molecular formula is C20H28N6OS. The van der Waals surface area contributed by atoms with Crippen LogP contribution < -0.4 is 5.32 Å². The van der Waals surface area contributed by atoms with Crippen LogP contribution in [-0.4, -0.2) is 50.7 Å². The Morgan fingerprint density at radius 1 is 1.39 bits per heavy atom. The van der Waals surface area contributed by atoms with Crippen LogP contribution >= 0.6 is 11.3 Å². The molecule has 28 heavy (non-hydrogen) atoms. The van der Waals surface area contributed by atoms with Crippen LogP contribution in [0.1, 0.15) is 63.5 Å². The minimum atomic E-state index is -0.233. The van der Waals surface area contributed by atoms with Gasteiger partial charge in [-0.15, -0.1) is 11.3 Å². The zero-order valence-electron chi connectivity index (χ0n) is 17.2. The van der Waals surface area contributed by atoms with Crippen molar-refractivity contribution >= 4 is 17.2 Å². The number of carbonyl (C=O) groups is 1. The fraction of sp³-hybridized carbons (Fsp3) is 0.600. The van der Waals surface area contributed by atoms with Crippen LogP contribution in [0.5, 0.6) is 0 Å². The van der Waals surface area contributed by atoms with Gasteiger partial charge in [0.1, 0.15) is 28.0 Å². The second-order valence-corrected chi connectivity index (χ2v) is 9.30. The number of hydrogen-bond donors (Lipinski definition) is 1. The topological polar surface area (TPSA) is 86.8 Å². The SMILES string of the molecule is CC(C)N(C(=O)c1csc(-c2nn(C(C)(C)C)cc2C#N)n1)C1CCNCC1. The molecule has 0 spiro atoms. The molecule has 0 aliphatic carbocycles. The highest BCUT2D eigenvalue weighted by Crippen LogP contribution is 2.29. The number of carbonyl (C=O) groups excluding carboxylic acids is 1. The Morgan fingerprint density at radius 3 is 2.64 bits per heavy atom. The molecule has 3 rings (SSSR count). The molecule has 0 aromatic carbocycles. The van der Waals surface area contributed by atoms with Crippen molar-refractivity contribution in [2.24, 2.45) is 0 Å². The minimum absolute atomic E-state index is 0.0434. The summed E-state index contributed by atoms with van der Waals surface area (Å²) in [5.41, 5.74) is 1.21. The van der Waals surface area contributed by atoms with Crippen LogP contribution in [0.3, 0.4) is 0 Å². The number of nitrogens with zero attached hydrogens (tertiary/aromatic N) is 5. The smallest absolute Gasteiger partial charge is 0.273 e. The van der Waals surface area contributed by atoms with Crippen LogP contribution in [0.15, 0.2) is 11.6 Å². The maximum Gasteiger partial charge on any atom is 0.273 e. The van der Waals surface area contributed by atoms with Crippen molar-refractivity contribution in [3.63, 3.8) is 0 Å². The first-order valence-electron chi connectivity index (χ1n) is 9.72. The second-order valence-electron chi connectivity index (χ2n) is 8.44. The van der Waals surface area contributed by atoms with Gasteiger partial charge >= 0.3 is 0 Å². The van der Waals surface area contributed by atoms with Crippen LogP contribution in [-0.2, 0) is 5.54 Å². The van der Waals surface area contributed by atoms with Gasteiger partial charge in [-0.2, -0.15) is 10.4 Å².